The molecule has 1 rings (SSSR count). The molecule has 1 aromatic rings. The number of nitrogens with one attached hydrogen (secondary N) is 2. The first-order valence-electron chi connectivity index (χ1n) is 6.02. The van der Waals surface area contributed by atoms with E-state index < -0.39 is 11.6 Å². The predicted octanol–water partition coefficient (Wildman–Crippen LogP) is 2.09. The van der Waals surface area contributed by atoms with Gasteiger partial charge in [0.25, 0.3) is 0 Å². The van der Waals surface area contributed by atoms with Gasteiger partial charge in [0.2, 0.25) is 0 Å². The zero-order valence-corrected chi connectivity index (χ0v) is 10.4. The van der Waals surface area contributed by atoms with E-state index in [1.807, 2.05) is 13.8 Å². The fraction of sp³-hybridized carbons (Fsp3) is 0.538. The minimum absolute atomic E-state index is 0.163. The van der Waals surface area contributed by atoms with E-state index in [1.54, 1.807) is 0 Å². The van der Waals surface area contributed by atoms with Gasteiger partial charge in [-0.25, -0.2) is 8.78 Å². The Labute approximate surface area is 101 Å². The van der Waals surface area contributed by atoms with Crippen LogP contribution in [0.4, 0.5) is 8.78 Å². The second-order valence-corrected chi connectivity index (χ2v) is 4.11. The van der Waals surface area contributed by atoms with Crippen LogP contribution < -0.4 is 10.6 Å². The quantitative estimate of drug-likeness (QED) is 0.765. The van der Waals surface area contributed by atoms with Crippen LogP contribution in [0.25, 0.3) is 0 Å². The zero-order valence-electron chi connectivity index (χ0n) is 10.4. The van der Waals surface area contributed by atoms with Gasteiger partial charge in [-0.2, -0.15) is 0 Å². The normalized spacial score (nSPS) is 12.7. The minimum atomic E-state index is -0.467. The van der Waals surface area contributed by atoms with E-state index in [9.17, 15) is 8.78 Å². The van der Waals surface area contributed by atoms with Crippen LogP contribution in [0, 0.1) is 11.6 Å². The van der Waals surface area contributed by atoms with Gasteiger partial charge in [0.05, 0.1) is 0 Å². The maximum atomic E-state index is 13.3. The zero-order chi connectivity index (χ0) is 12.7. The standard InChI is InChI=1S/C13H20F2N2/c1-3-16-9-10(2)17-8-7-11-12(14)5-4-6-13(11)15/h4-6,10,16-17H,3,7-9H2,1-2H3. The summed E-state index contributed by atoms with van der Waals surface area (Å²) in [6.07, 6.45) is 0.370. The van der Waals surface area contributed by atoms with E-state index in [1.165, 1.54) is 18.2 Å². The van der Waals surface area contributed by atoms with E-state index in [-0.39, 0.29) is 5.56 Å². The van der Waals surface area contributed by atoms with Crippen molar-refractivity contribution in [2.75, 3.05) is 19.6 Å². The van der Waals surface area contributed by atoms with Crippen molar-refractivity contribution in [3.8, 4) is 0 Å². The maximum absolute atomic E-state index is 13.3. The molecular weight excluding hydrogens is 222 g/mol. The molecular formula is C13H20F2N2. The van der Waals surface area contributed by atoms with Gasteiger partial charge in [-0.05, 0) is 38.6 Å². The fourth-order valence-electron chi connectivity index (χ4n) is 1.65. The van der Waals surface area contributed by atoms with Crippen LogP contribution in [-0.4, -0.2) is 25.7 Å². The van der Waals surface area contributed by atoms with E-state index in [0.717, 1.165) is 13.1 Å². The molecule has 0 saturated heterocycles. The van der Waals surface area contributed by atoms with Gasteiger partial charge in [0.15, 0.2) is 0 Å². The molecule has 96 valence electrons. The third-order valence-electron chi connectivity index (χ3n) is 2.63. The first-order chi connectivity index (χ1) is 8.15. The molecule has 2 N–H and O–H groups in total. The number of benzene rings is 1. The molecule has 0 aliphatic carbocycles. The highest BCUT2D eigenvalue weighted by atomic mass is 19.1. The first-order valence-corrected chi connectivity index (χ1v) is 6.02. The van der Waals surface area contributed by atoms with Gasteiger partial charge < -0.3 is 10.6 Å². The SMILES string of the molecule is CCNCC(C)NCCc1c(F)cccc1F. The summed E-state index contributed by atoms with van der Waals surface area (Å²) in [6.45, 7) is 6.44. The lowest BCUT2D eigenvalue weighted by atomic mass is 10.1. The lowest BCUT2D eigenvalue weighted by molar-refractivity contribution is 0.498. The number of likely N-dealkylation sites (N-methyl/N-ethyl adjacent to an activating group) is 1. The van der Waals surface area contributed by atoms with Crippen LogP contribution in [0.3, 0.4) is 0 Å². The summed E-state index contributed by atoms with van der Waals surface area (Å²) in [7, 11) is 0. The average Bonchev–Trinajstić information content (AvgIpc) is 2.30. The van der Waals surface area contributed by atoms with Crippen molar-refractivity contribution in [2.45, 2.75) is 26.3 Å². The summed E-state index contributed by atoms with van der Waals surface area (Å²) in [4.78, 5) is 0. The highest BCUT2D eigenvalue weighted by Gasteiger charge is 2.08. The third-order valence-corrected chi connectivity index (χ3v) is 2.63. The number of rotatable bonds is 7. The Bertz CT molecular complexity index is 322. The highest BCUT2D eigenvalue weighted by molar-refractivity contribution is 5.19. The molecule has 1 unspecified atom stereocenters. The molecule has 0 aliphatic rings. The number of hydrogen-bond donors (Lipinski definition) is 2. The van der Waals surface area contributed by atoms with Crippen LogP contribution in [0.2, 0.25) is 0 Å². The molecule has 1 aromatic carbocycles. The lowest BCUT2D eigenvalue weighted by Gasteiger charge is -2.14. The molecule has 0 saturated carbocycles. The molecule has 4 heteroatoms. The first kappa shape index (κ1) is 14.1. The van der Waals surface area contributed by atoms with Gasteiger partial charge in [0.1, 0.15) is 11.6 Å². The minimum Gasteiger partial charge on any atom is -0.315 e. The van der Waals surface area contributed by atoms with E-state index >= 15 is 0 Å². The summed E-state index contributed by atoms with van der Waals surface area (Å²) in [6, 6.07) is 4.26. The smallest absolute Gasteiger partial charge is 0.129 e. The summed E-state index contributed by atoms with van der Waals surface area (Å²) in [5.74, 6) is -0.933. The van der Waals surface area contributed by atoms with Gasteiger partial charge >= 0.3 is 0 Å². The Morgan fingerprint density at radius 1 is 1.24 bits per heavy atom. The van der Waals surface area contributed by atoms with E-state index in [4.69, 9.17) is 0 Å². The Morgan fingerprint density at radius 3 is 2.47 bits per heavy atom. The van der Waals surface area contributed by atoms with Crippen molar-refractivity contribution in [3.63, 3.8) is 0 Å². The van der Waals surface area contributed by atoms with Gasteiger partial charge in [-0.3, -0.25) is 0 Å². The summed E-state index contributed by atoms with van der Waals surface area (Å²) < 4.78 is 26.6. The van der Waals surface area contributed by atoms with Gasteiger partial charge in [-0.1, -0.05) is 13.0 Å². The van der Waals surface area contributed by atoms with Crippen molar-refractivity contribution in [3.05, 3.63) is 35.4 Å². The second-order valence-electron chi connectivity index (χ2n) is 4.11. The van der Waals surface area contributed by atoms with Crippen molar-refractivity contribution < 1.29 is 8.78 Å². The summed E-state index contributed by atoms with van der Waals surface area (Å²) in [5, 5.41) is 6.43. The maximum Gasteiger partial charge on any atom is 0.129 e. The summed E-state index contributed by atoms with van der Waals surface area (Å²) in [5.41, 5.74) is 0.163. The van der Waals surface area contributed by atoms with Crippen LogP contribution in [-0.2, 0) is 6.42 Å². The lowest BCUT2D eigenvalue weighted by Crippen LogP contribution is -2.37. The van der Waals surface area contributed by atoms with Gasteiger partial charge in [0, 0.05) is 18.2 Å². The van der Waals surface area contributed by atoms with Crippen LogP contribution in [0.1, 0.15) is 19.4 Å². The molecule has 0 amide bonds. The molecule has 0 aliphatic heterocycles. The average molecular weight is 242 g/mol. The Kier molecular flexibility index (Phi) is 6.08. The van der Waals surface area contributed by atoms with Crippen LogP contribution >= 0.6 is 0 Å². The fourth-order valence-corrected chi connectivity index (χ4v) is 1.65. The van der Waals surface area contributed by atoms with E-state index in [0.29, 0.717) is 19.0 Å². The molecule has 0 aromatic heterocycles. The number of halogens is 2. The van der Waals surface area contributed by atoms with Crippen LogP contribution in [0.15, 0.2) is 18.2 Å². The molecule has 2 nitrogen and oxygen atoms in total. The molecule has 0 bridgehead atoms. The molecule has 0 heterocycles. The largest absolute Gasteiger partial charge is 0.315 e. The molecule has 0 radical (unpaired) electrons. The molecule has 1 atom stereocenters. The van der Waals surface area contributed by atoms with Crippen molar-refractivity contribution in [1.82, 2.24) is 10.6 Å². The second kappa shape index (κ2) is 7.35. The van der Waals surface area contributed by atoms with Crippen molar-refractivity contribution in [2.24, 2.45) is 0 Å². The molecule has 17 heavy (non-hydrogen) atoms. The topological polar surface area (TPSA) is 24.1 Å². The monoisotopic (exact) mass is 242 g/mol. The van der Waals surface area contributed by atoms with E-state index in [2.05, 4.69) is 10.6 Å². The Hall–Kier alpha value is -1.00. The summed E-state index contributed by atoms with van der Waals surface area (Å²) >= 11 is 0. The highest BCUT2D eigenvalue weighted by Crippen LogP contribution is 2.11. The van der Waals surface area contributed by atoms with Crippen molar-refractivity contribution >= 4 is 0 Å². The Morgan fingerprint density at radius 2 is 1.88 bits per heavy atom. The Balaban J connectivity index is 2.35. The van der Waals surface area contributed by atoms with Crippen molar-refractivity contribution in [1.29, 1.82) is 0 Å². The van der Waals surface area contributed by atoms with Crippen LogP contribution in [0.5, 0.6) is 0 Å². The molecule has 0 fully saturated rings. The van der Waals surface area contributed by atoms with Gasteiger partial charge in [-0.15, -0.1) is 0 Å². The molecule has 0 spiro atoms. The predicted molar refractivity (Wildman–Crippen MR) is 66.1 cm³/mol. The third kappa shape index (κ3) is 4.79. The number of hydrogen-bond acceptors (Lipinski definition) is 2.